The second-order valence-corrected chi connectivity index (χ2v) is 7.57. The molecule has 0 unspecified atom stereocenters. The van der Waals surface area contributed by atoms with Crippen LogP contribution in [0.3, 0.4) is 0 Å². The maximum absolute atomic E-state index is 12.5. The number of carbonyl (C=O) groups excluding carboxylic acids is 1. The van der Waals surface area contributed by atoms with Gasteiger partial charge in [0.15, 0.2) is 5.13 Å². The van der Waals surface area contributed by atoms with Crippen LogP contribution in [0.5, 0.6) is 0 Å². The van der Waals surface area contributed by atoms with E-state index in [1.807, 2.05) is 6.07 Å². The van der Waals surface area contributed by atoms with Crippen molar-refractivity contribution in [3.8, 4) is 0 Å². The second-order valence-electron chi connectivity index (χ2n) is 6.49. The number of fused-ring (bicyclic) bond motifs is 1. The molecule has 3 aromatic rings. The first kappa shape index (κ1) is 16.9. The summed E-state index contributed by atoms with van der Waals surface area (Å²) in [5.41, 5.74) is 3.49. The molecule has 0 atom stereocenters. The fraction of sp³-hybridized carbons (Fsp3) is 0.316. The maximum atomic E-state index is 12.5. The van der Waals surface area contributed by atoms with Crippen molar-refractivity contribution in [2.45, 2.75) is 33.4 Å². The van der Waals surface area contributed by atoms with Gasteiger partial charge in [-0.1, -0.05) is 35.5 Å². The lowest BCUT2D eigenvalue weighted by molar-refractivity contribution is 0.102. The van der Waals surface area contributed by atoms with E-state index in [9.17, 15) is 4.79 Å². The van der Waals surface area contributed by atoms with Crippen molar-refractivity contribution in [2.24, 2.45) is 0 Å². The molecule has 3 heterocycles. The molecule has 1 aromatic carbocycles. The molecule has 1 N–H and O–H groups in total. The average Bonchev–Trinajstić information content (AvgIpc) is 3.17. The third-order valence-electron chi connectivity index (χ3n) is 4.54. The van der Waals surface area contributed by atoms with E-state index in [4.69, 9.17) is 4.52 Å². The predicted octanol–water partition coefficient (Wildman–Crippen LogP) is 3.56. The van der Waals surface area contributed by atoms with Gasteiger partial charge in [-0.2, -0.15) is 0 Å². The van der Waals surface area contributed by atoms with Gasteiger partial charge in [0.25, 0.3) is 5.91 Å². The highest BCUT2D eigenvalue weighted by atomic mass is 32.1. The summed E-state index contributed by atoms with van der Waals surface area (Å²) in [4.78, 5) is 20.7. The lowest BCUT2D eigenvalue weighted by Gasteiger charge is -2.25. The van der Waals surface area contributed by atoms with Gasteiger partial charge in [0.2, 0.25) is 0 Å². The Balaban J connectivity index is 1.45. The van der Waals surface area contributed by atoms with Gasteiger partial charge in [-0.3, -0.25) is 15.0 Å². The topological polar surface area (TPSA) is 71.3 Å². The highest BCUT2D eigenvalue weighted by Crippen LogP contribution is 2.29. The number of hydrogen-bond acceptors (Lipinski definition) is 6. The van der Waals surface area contributed by atoms with Gasteiger partial charge in [0.05, 0.1) is 11.4 Å². The number of aromatic nitrogens is 2. The normalized spacial score (nSPS) is 14.2. The van der Waals surface area contributed by atoms with Crippen LogP contribution in [-0.2, 0) is 19.5 Å². The van der Waals surface area contributed by atoms with Crippen LogP contribution in [0.4, 0.5) is 5.13 Å². The molecule has 0 aliphatic carbocycles. The molecule has 2 aromatic heterocycles. The first-order valence-electron chi connectivity index (χ1n) is 8.59. The van der Waals surface area contributed by atoms with Crippen molar-refractivity contribution in [3.05, 3.63) is 63.5 Å². The zero-order valence-corrected chi connectivity index (χ0v) is 15.6. The van der Waals surface area contributed by atoms with Crippen LogP contribution >= 0.6 is 11.3 Å². The molecule has 6 nitrogen and oxygen atoms in total. The predicted molar refractivity (Wildman–Crippen MR) is 100 cm³/mol. The number of nitrogens with one attached hydrogen (secondary N) is 1. The average molecular weight is 368 g/mol. The van der Waals surface area contributed by atoms with Crippen molar-refractivity contribution in [3.63, 3.8) is 0 Å². The molecule has 0 radical (unpaired) electrons. The molecule has 1 aliphatic heterocycles. The Bertz CT molecular complexity index is 913. The molecule has 0 spiro atoms. The van der Waals surface area contributed by atoms with E-state index >= 15 is 0 Å². The first-order valence-corrected chi connectivity index (χ1v) is 9.41. The van der Waals surface area contributed by atoms with Gasteiger partial charge in [-0.25, -0.2) is 4.98 Å². The summed E-state index contributed by atoms with van der Waals surface area (Å²) in [6, 6.07) is 10.5. The Kier molecular flexibility index (Phi) is 4.57. The number of hydrogen-bond donors (Lipinski definition) is 1. The minimum Gasteiger partial charge on any atom is -0.361 e. The molecule has 4 rings (SSSR count). The number of thiazole rings is 1. The van der Waals surface area contributed by atoms with Crippen LogP contribution in [0.25, 0.3) is 0 Å². The fourth-order valence-corrected chi connectivity index (χ4v) is 4.29. The lowest BCUT2D eigenvalue weighted by Crippen LogP contribution is -2.29. The summed E-state index contributed by atoms with van der Waals surface area (Å²) >= 11 is 1.55. The number of rotatable bonds is 4. The van der Waals surface area contributed by atoms with E-state index in [1.54, 1.807) is 25.2 Å². The van der Waals surface area contributed by atoms with Crippen molar-refractivity contribution >= 4 is 22.4 Å². The third-order valence-corrected chi connectivity index (χ3v) is 5.54. The molecular formula is C19H20N4O2S. The lowest BCUT2D eigenvalue weighted by atomic mass is 10.1. The summed E-state index contributed by atoms with van der Waals surface area (Å²) in [5.74, 6) is 0.309. The maximum Gasteiger partial charge on any atom is 0.262 e. The highest BCUT2D eigenvalue weighted by Gasteiger charge is 2.23. The summed E-state index contributed by atoms with van der Waals surface area (Å²) in [6.07, 6.45) is 0.903. The van der Waals surface area contributed by atoms with Gasteiger partial charge in [-0.15, -0.1) is 11.3 Å². The van der Waals surface area contributed by atoms with E-state index < -0.39 is 0 Å². The molecule has 1 amide bonds. The van der Waals surface area contributed by atoms with Crippen LogP contribution in [0, 0.1) is 13.8 Å². The number of aryl methyl sites for hydroxylation is 2. The smallest absolute Gasteiger partial charge is 0.262 e. The van der Waals surface area contributed by atoms with Crippen molar-refractivity contribution in [2.75, 3.05) is 11.9 Å². The van der Waals surface area contributed by atoms with Crippen LogP contribution in [-0.4, -0.2) is 27.5 Å². The number of carbonyl (C=O) groups is 1. The van der Waals surface area contributed by atoms with Crippen LogP contribution in [0.15, 0.2) is 34.9 Å². The SMILES string of the molecule is Cc1noc(C)c1C(=O)Nc1nc2c(s1)CN(Cc1ccccc1)CC2. The summed E-state index contributed by atoms with van der Waals surface area (Å²) in [5, 5.41) is 7.37. The molecule has 0 saturated carbocycles. The number of nitrogens with zero attached hydrogens (tertiary/aromatic N) is 3. The van der Waals surface area contributed by atoms with Crippen LogP contribution < -0.4 is 5.32 Å². The first-order chi connectivity index (χ1) is 12.6. The number of benzene rings is 1. The zero-order chi connectivity index (χ0) is 18.1. The molecule has 0 bridgehead atoms. The standard InChI is InChI=1S/C19H20N4O2S/c1-12-17(13(2)25-22-12)18(24)21-19-20-15-8-9-23(11-16(15)26-19)10-14-6-4-3-5-7-14/h3-7H,8-11H2,1-2H3,(H,20,21,24). The van der Waals surface area contributed by atoms with Crippen molar-refractivity contribution in [1.29, 1.82) is 0 Å². The molecule has 0 saturated heterocycles. The van der Waals surface area contributed by atoms with Gasteiger partial charge in [0.1, 0.15) is 11.3 Å². The third kappa shape index (κ3) is 3.40. The molecule has 1 aliphatic rings. The minimum absolute atomic E-state index is 0.214. The van der Waals surface area contributed by atoms with Gasteiger partial charge in [-0.05, 0) is 19.4 Å². The Morgan fingerprint density at radius 1 is 1.31 bits per heavy atom. The van der Waals surface area contributed by atoms with Crippen molar-refractivity contribution in [1.82, 2.24) is 15.0 Å². The monoisotopic (exact) mass is 368 g/mol. The minimum atomic E-state index is -0.214. The van der Waals surface area contributed by atoms with E-state index in [1.165, 1.54) is 10.4 Å². The van der Waals surface area contributed by atoms with E-state index in [0.717, 1.165) is 31.7 Å². The molecule has 134 valence electrons. The van der Waals surface area contributed by atoms with Gasteiger partial charge < -0.3 is 4.52 Å². The summed E-state index contributed by atoms with van der Waals surface area (Å²) < 4.78 is 5.07. The zero-order valence-electron chi connectivity index (χ0n) is 14.8. The molecular weight excluding hydrogens is 348 g/mol. The molecule has 7 heteroatoms. The Morgan fingerprint density at radius 3 is 2.85 bits per heavy atom. The summed E-state index contributed by atoms with van der Waals surface area (Å²) in [6.45, 7) is 6.27. The number of amides is 1. The van der Waals surface area contributed by atoms with Gasteiger partial charge in [0, 0.05) is 30.9 Å². The van der Waals surface area contributed by atoms with Crippen LogP contribution in [0.1, 0.15) is 37.9 Å². The van der Waals surface area contributed by atoms with Crippen LogP contribution in [0.2, 0.25) is 0 Å². The van der Waals surface area contributed by atoms with Gasteiger partial charge >= 0.3 is 0 Å². The van der Waals surface area contributed by atoms with Crippen molar-refractivity contribution < 1.29 is 9.32 Å². The Hall–Kier alpha value is -2.51. The number of anilines is 1. The quantitative estimate of drug-likeness (QED) is 0.762. The fourth-order valence-electron chi connectivity index (χ4n) is 3.25. The Morgan fingerprint density at radius 2 is 2.12 bits per heavy atom. The van der Waals surface area contributed by atoms with E-state index in [0.29, 0.717) is 22.1 Å². The largest absolute Gasteiger partial charge is 0.361 e. The summed E-state index contributed by atoms with van der Waals surface area (Å²) in [7, 11) is 0. The molecule has 26 heavy (non-hydrogen) atoms. The highest BCUT2D eigenvalue weighted by molar-refractivity contribution is 7.15. The second kappa shape index (κ2) is 7.01. The van der Waals surface area contributed by atoms with E-state index in [-0.39, 0.29) is 5.91 Å². The Labute approximate surface area is 155 Å². The van der Waals surface area contributed by atoms with E-state index in [2.05, 4.69) is 44.6 Å². The molecule has 0 fully saturated rings.